The van der Waals surface area contributed by atoms with E-state index in [1.165, 1.54) is 5.56 Å². The summed E-state index contributed by atoms with van der Waals surface area (Å²) in [6, 6.07) is 15.9. The molecule has 0 aliphatic carbocycles. The molecule has 196 valence electrons. The molecule has 2 rings (SSSR count). The first-order valence-electron chi connectivity index (χ1n) is 12.5. The molecule has 0 aliphatic heterocycles. The Hall–Kier alpha value is -3.03. The third-order valence-electron chi connectivity index (χ3n) is 5.25. The summed E-state index contributed by atoms with van der Waals surface area (Å²) in [7, 11) is 0. The molecule has 4 nitrogen and oxygen atoms in total. The summed E-state index contributed by atoms with van der Waals surface area (Å²) < 4.78 is 5.05. The van der Waals surface area contributed by atoms with Gasteiger partial charge in [0.15, 0.2) is 0 Å². The third kappa shape index (κ3) is 13.2. The number of rotatable bonds is 11. The predicted octanol–water partition coefficient (Wildman–Crippen LogP) is 7.71. The smallest absolute Gasteiger partial charge is 0.254 e. The second-order valence-corrected chi connectivity index (χ2v) is 8.57. The summed E-state index contributed by atoms with van der Waals surface area (Å²) in [6.45, 7) is 13.9. The van der Waals surface area contributed by atoms with E-state index in [0.29, 0.717) is 18.9 Å². The van der Waals surface area contributed by atoms with Gasteiger partial charge in [-0.3, -0.25) is 4.79 Å². The van der Waals surface area contributed by atoms with Crippen LogP contribution in [0.4, 0.5) is 0 Å². The number of benzene rings is 2. The number of hydrogen-bond acceptors (Lipinski definition) is 3. The molecule has 0 spiro atoms. The van der Waals surface area contributed by atoms with Crippen molar-refractivity contribution in [2.45, 2.75) is 66.7 Å². The van der Waals surface area contributed by atoms with E-state index < -0.39 is 0 Å². The van der Waals surface area contributed by atoms with E-state index in [0.717, 1.165) is 54.1 Å². The van der Waals surface area contributed by atoms with Gasteiger partial charge in [-0.2, -0.15) is 0 Å². The highest BCUT2D eigenvalue weighted by molar-refractivity contribution is 6.30. The molecule has 1 atom stereocenters. The molecule has 2 aromatic rings. The molecule has 0 N–H and O–H groups in total. The number of hydrogen-bond donors (Lipinski definition) is 0. The van der Waals surface area contributed by atoms with E-state index in [-0.39, 0.29) is 5.91 Å². The van der Waals surface area contributed by atoms with Gasteiger partial charge in [-0.1, -0.05) is 55.8 Å². The van der Waals surface area contributed by atoms with E-state index in [4.69, 9.17) is 16.3 Å². The van der Waals surface area contributed by atoms with Crippen molar-refractivity contribution in [1.82, 2.24) is 4.90 Å². The van der Waals surface area contributed by atoms with Crippen LogP contribution < -0.4 is 0 Å². The van der Waals surface area contributed by atoms with Gasteiger partial charge in [0.1, 0.15) is 6.29 Å². The maximum atomic E-state index is 12.9. The highest BCUT2D eigenvalue weighted by Gasteiger charge is 2.18. The van der Waals surface area contributed by atoms with Crippen molar-refractivity contribution in [2.24, 2.45) is 0 Å². The summed E-state index contributed by atoms with van der Waals surface area (Å²) in [5, 5.41) is 0.750. The summed E-state index contributed by atoms with van der Waals surface area (Å²) in [5.41, 5.74) is 3.18. The Morgan fingerprint density at radius 2 is 1.75 bits per heavy atom. The molecule has 0 saturated heterocycles. The predicted molar refractivity (Wildman–Crippen MR) is 152 cm³/mol. The van der Waals surface area contributed by atoms with Gasteiger partial charge >= 0.3 is 0 Å². The number of halogens is 1. The molecular formula is C31H42ClNO3. The Labute approximate surface area is 223 Å². The number of aldehydes is 1. The molecule has 1 amide bonds. The van der Waals surface area contributed by atoms with Crippen molar-refractivity contribution in [3.8, 4) is 12.3 Å². The molecule has 0 fully saturated rings. The quantitative estimate of drug-likeness (QED) is 0.176. The summed E-state index contributed by atoms with van der Waals surface area (Å²) >= 11 is 5.97. The number of ether oxygens (including phenoxy) is 1. The van der Waals surface area contributed by atoms with Gasteiger partial charge in [-0.25, -0.2) is 0 Å². The summed E-state index contributed by atoms with van der Waals surface area (Å²) in [4.78, 5) is 24.6. The molecule has 0 bridgehead atoms. The van der Waals surface area contributed by atoms with Gasteiger partial charge in [0.05, 0.1) is 12.4 Å². The number of allylic oxidation sites excluding steroid dienone is 2. The van der Waals surface area contributed by atoms with Crippen LogP contribution in [0.2, 0.25) is 5.02 Å². The zero-order valence-electron chi connectivity index (χ0n) is 22.7. The minimum atomic E-state index is 0.137. The summed E-state index contributed by atoms with van der Waals surface area (Å²) in [5.74, 6) is 3.54. The van der Waals surface area contributed by atoms with Crippen LogP contribution in [-0.4, -0.2) is 36.8 Å². The van der Waals surface area contributed by atoms with Crippen molar-refractivity contribution in [1.29, 1.82) is 0 Å². The second kappa shape index (κ2) is 20.2. The molecule has 36 heavy (non-hydrogen) atoms. The minimum Gasteiger partial charge on any atom is -0.499 e. The average Bonchev–Trinajstić information content (AvgIpc) is 2.87. The fourth-order valence-corrected chi connectivity index (χ4v) is 3.62. The van der Waals surface area contributed by atoms with Crippen LogP contribution in [0.3, 0.4) is 0 Å². The van der Waals surface area contributed by atoms with Gasteiger partial charge in [0.25, 0.3) is 5.91 Å². The monoisotopic (exact) mass is 511 g/mol. The van der Waals surface area contributed by atoms with Crippen molar-refractivity contribution >= 4 is 23.8 Å². The van der Waals surface area contributed by atoms with Gasteiger partial charge in [0, 0.05) is 30.1 Å². The largest absolute Gasteiger partial charge is 0.499 e. The van der Waals surface area contributed by atoms with Crippen LogP contribution in [-0.2, 0) is 16.0 Å². The molecule has 0 radical (unpaired) electrons. The minimum absolute atomic E-state index is 0.137. The lowest BCUT2D eigenvalue weighted by atomic mass is 9.91. The van der Waals surface area contributed by atoms with Crippen LogP contribution in [0.1, 0.15) is 81.8 Å². The lowest BCUT2D eigenvalue weighted by Crippen LogP contribution is -2.32. The second-order valence-electron chi connectivity index (χ2n) is 8.14. The van der Waals surface area contributed by atoms with Crippen molar-refractivity contribution < 1.29 is 14.3 Å². The fourth-order valence-electron chi connectivity index (χ4n) is 3.49. The topological polar surface area (TPSA) is 46.6 Å². The SMILES string of the molecule is C#CC.CCCN(CC)C(=O)c1ccccc1CC(C)c1ccc(Cl)cc1.CCO/C(C)=C\CC=O. The molecule has 2 aromatic carbocycles. The molecule has 0 aromatic heterocycles. The molecule has 0 heterocycles. The van der Waals surface area contributed by atoms with E-state index in [2.05, 4.69) is 44.4 Å². The van der Waals surface area contributed by atoms with Crippen LogP contribution in [0, 0.1) is 12.3 Å². The Morgan fingerprint density at radius 1 is 1.14 bits per heavy atom. The molecular weight excluding hydrogens is 470 g/mol. The highest BCUT2D eigenvalue weighted by atomic mass is 35.5. The van der Waals surface area contributed by atoms with Gasteiger partial charge < -0.3 is 14.4 Å². The molecule has 0 saturated carbocycles. The lowest BCUT2D eigenvalue weighted by Gasteiger charge is -2.22. The first-order valence-corrected chi connectivity index (χ1v) is 12.9. The van der Waals surface area contributed by atoms with Crippen molar-refractivity contribution in [3.63, 3.8) is 0 Å². The summed E-state index contributed by atoms with van der Waals surface area (Å²) in [6.07, 6.45) is 9.47. The third-order valence-corrected chi connectivity index (χ3v) is 5.50. The maximum absolute atomic E-state index is 12.9. The standard InChI is InChI=1S/C21H26ClNO.C7H12O2.C3H4/c1-4-14-23(5-2)21(24)20-9-7-6-8-18(20)15-16(3)17-10-12-19(22)13-11-17;1-3-9-7(2)5-4-6-8;1-3-2/h6-13,16H,4-5,14-15H2,1-3H3;5-6H,3-4H2,1-2H3;1H,2H3/b;7-5-;. The Balaban J connectivity index is 0.000000854. The first-order chi connectivity index (χ1) is 17.3. The number of carbonyl (C=O) groups is 2. The van der Waals surface area contributed by atoms with E-state index in [9.17, 15) is 9.59 Å². The van der Waals surface area contributed by atoms with E-state index in [1.54, 1.807) is 13.0 Å². The van der Waals surface area contributed by atoms with Gasteiger partial charge in [-0.05, 0) is 81.9 Å². The first kappa shape index (κ1) is 33.0. The van der Waals surface area contributed by atoms with Crippen LogP contribution in [0.25, 0.3) is 0 Å². The Morgan fingerprint density at radius 3 is 2.28 bits per heavy atom. The Kier molecular flexibility index (Phi) is 18.5. The highest BCUT2D eigenvalue weighted by Crippen LogP contribution is 2.24. The van der Waals surface area contributed by atoms with Crippen molar-refractivity contribution in [2.75, 3.05) is 19.7 Å². The van der Waals surface area contributed by atoms with Gasteiger partial charge in [0.2, 0.25) is 0 Å². The lowest BCUT2D eigenvalue weighted by molar-refractivity contribution is -0.107. The number of terminal acetylenes is 1. The number of nitrogens with zero attached hydrogens (tertiary/aromatic N) is 1. The molecule has 5 heteroatoms. The van der Waals surface area contributed by atoms with Crippen LogP contribution >= 0.6 is 11.6 Å². The zero-order valence-corrected chi connectivity index (χ0v) is 23.5. The van der Waals surface area contributed by atoms with Crippen molar-refractivity contribution in [3.05, 3.63) is 82.1 Å². The number of amides is 1. The van der Waals surface area contributed by atoms with Crippen LogP contribution in [0.5, 0.6) is 0 Å². The number of carbonyl (C=O) groups excluding carboxylic acids is 2. The molecule has 1 unspecified atom stereocenters. The average molecular weight is 512 g/mol. The maximum Gasteiger partial charge on any atom is 0.254 e. The normalized spacial score (nSPS) is 11.0. The van der Waals surface area contributed by atoms with E-state index >= 15 is 0 Å². The fraction of sp³-hybridized carbons (Fsp3) is 0.419. The van der Waals surface area contributed by atoms with Gasteiger partial charge in [-0.15, -0.1) is 12.3 Å². The van der Waals surface area contributed by atoms with E-state index in [1.807, 2.05) is 56.0 Å². The zero-order chi connectivity index (χ0) is 27.3. The Bertz CT molecular complexity index is 961. The molecule has 0 aliphatic rings. The van der Waals surface area contributed by atoms with Crippen LogP contribution in [0.15, 0.2) is 60.4 Å².